The van der Waals surface area contributed by atoms with Crippen LogP contribution in [0.4, 0.5) is 4.39 Å². The number of nitrogens with one attached hydrogen (secondary N) is 1. The Morgan fingerprint density at radius 3 is 2.61 bits per heavy atom. The second-order valence-electron chi connectivity index (χ2n) is 11.5. The number of nitrogens with zero attached hydrogens (tertiary/aromatic N) is 4. The molecule has 0 unspecified atom stereocenters. The zero-order valence-corrected chi connectivity index (χ0v) is 25.7. The first-order valence-electron chi connectivity index (χ1n) is 15.1. The third-order valence-electron chi connectivity index (χ3n) is 8.22. The fraction of sp³-hybridized carbons (Fsp3) is 0.324. The number of benzene rings is 2. The molecule has 0 radical (unpaired) electrons. The molecule has 11 nitrogen and oxygen atoms in total. The predicted molar refractivity (Wildman–Crippen MR) is 167 cm³/mol. The molecule has 2 aliphatic heterocycles. The lowest BCUT2D eigenvalue weighted by Gasteiger charge is -2.26. The maximum atomic E-state index is 14.7. The Morgan fingerprint density at radius 1 is 1.04 bits per heavy atom. The molecule has 2 atom stereocenters. The molecule has 2 aromatic heterocycles. The number of imidazole rings is 1. The Bertz CT molecular complexity index is 1740. The van der Waals surface area contributed by atoms with E-state index in [1.807, 2.05) is 53.9 Å². The van der Waals surface area contributed by atoms with Gasteiger partial charge in [0.15, 0.2) is 0 Å². The van der Waals surface area contributed by atoms with Crippen LogP contribution in [-0.2, 0) is 9.59 Å². The maximum Gasteiger partial charge on any atom is 0.290 e. The lowest BCUT2D eigenvalue weighted by molar-refractivity contribution is -0.123. The van der Waals surface area contributed by atoms with E-state index in [0.29, 0.717) is 48.6 Å². The summed E-state index contributed by atoms with van der Waals surface area (Å²) in [5.41, 5.74) is 3.49. The van der Waals surface area contributed by atoms with Crippen LogP contribution in [0.2, 0.25) is 0 Å². The molecule has 0 aliphatic carbocycles. The van der Waals surface area contributed by atoms with Gasteiger partial charge < -0.3 is 29.4 Å². The summed E-state index contributed by atoms with van der Waals surface area (Å²) in [6.45, 7) is 4.53. The van der Waals surface area contributed by atoms with Crippen LogP contribution in [0.3, 0.4) is 0 Å². The highest BCUT2D eigenvalue weighted by Crippen LogP contribution is 2.31. The summed E-state index contributed by atoms with van der Waals surface area (Å²) in [6.07, 6.45) is 4.83. The molecule has 12 heteroatoms. The molecule has 46 heavy (non-hydrogen) atoms. The van der Waals surface area contributed by atoms with Crippen molar-refractivity contribution in [1.29, 1.82) is 0 Å². The normalized spacial score (nSPS) is 18.4. The van der Waals surface area contributed by atoms with Crippen LogP contribution in [-0.4, -0.2) is 87.3 Å². The minimum absolute atomic E-state index is 0.0270. The number of halogens is 1. The van der Waals surface area contributed by atoms with Crippen molar-refractivity contribution in [3.05, 3.63) is 101 Å². The molecule has 2 aliphatic rings. The quantitative estimate of drug-likeness (QED) is 0.322. The maximum absolute atomic E-state index is 14.7. The van der Waals surface area contributed by atoms with E-state index in [2.05, 4.69) is 10.3 Å². The first-order chi connectivity index (χ1) is 22.2. The first kappa shape index (κ1) is 32.1. The molecule has 2 bridgehead atoms. The van der Waals surface area contributed by atoms with Crippen molar-refractivity contribution >= 4 is 29.8 Å². The summed E-state index contributed by atoms with van der Waals surface area (Å²) in [6, 6.07) is 15.7. The average Bonchev–Trinajstić information content (AvgIpc) is 3.64. The van der Waals surface area contributed by atoms with Crippen LogP contribution in [0.5, 0.6) is 5.75 Å². The number of carbonyl (C=O) groups excluding carboxylic acids is 3. The van der Waals surface area contributed by atoms with E-state index < -0.39 is 17.8 Å². The molecule has 0 spiro atoms. The van der Waals surface area contributed by atoms with Crippen molar-refractivity contribution in [3.8, 4) is 5.75 Å². The van der Waals surface area contributed by atoms with Crippen molar-refractivity contribution in [3.63, 3.8) is 0 Å². The third kappa shape index (κ3) is 7.17. The number of aryl methyl sites for hydroxylation is 2. The number of likely N-dealkylation sites (tertiary alicyclic amines) is 1. The fourth-order valence-corrected chi connectivity index (χ4v) is 5.97. The van der Waals surface area contributed by atoms with Crippen molar-refractivity contribution in [2.75, 3.05) is 32.8 Å². The van der Waals surface area contributed by atoms with Gasteiger partial charge in [0.2, 0.25) is 5.91 Å². The van der Waals surface area contributed by atoms with Gasteiger partial charge in [0.25, 0.3) is 18.3 Å². The highest BCUT2D eigenvalue weighted by atomic mass is 19.1. The van der Waals surface area contributed by atoms with Crippen molar-refractivity contribution in [2.24, 2.45) is 0 Å². The van der Waals surface area contributed by atoms with Crippen LogP contribution in [0.1, 0.15) is 56.3 Å². The number of carboxylic acid groups (broad SMARTS) is 1. The number of hydrogen-bond acceptors (Lipinski definition) is 6. The van der Waals surface area contributed by atoms with Gasteiger partial charge in [-0.2, -0.15) is 0 Å². The van der Waals surface area contributed by atoms with Crippen LogP contribution >= 0.6 is 0 Å². The summed E-state index contributed by atoms with van der Waals surface area (Å²) >= 11 is 0. The third-order valence-corrected chi connectivity index (χ3v) is 8.22. The highest BCUT2D eigenvalue weighted by Gasteiger charge is 2.38. The van der Waals surface area contributed by atoms with Gasteiger partial charge in [-0.05, 0) is 73.7 Å². The number of ether oxygens (including phenoxy) is 1. The predicted octanol–water partition coefficient (Wildman–Crippen LogP) is 3.83. The van der Waals surface area contributed by atoms with E-state index in [9.17, 15) is 18.8 Å². The van der Waals surface area contributed by atoms with E-state index in [1.54, 1.807) is 30.2 Å². The van der Waals surface area contributed by atoms with E-state index in [4.69, 9.17) is 14.6 Å². The summed E-state index contributed by atoms with van der Waals surface area (Å²) in [7, 11) is 0. The monoisotopic (exact) mass is 629 g/mol. The van der Waals surface area contributed by atoms with Crippen LogP contribution in [0, 0.1) is 19.7 Å². The number of amides is 3. The SMILES string of the molecule is Cc1ccn2cc(C(=O)N3C[C@@H]4NC(=O)CN(C(=O)c5c(C)cccc5F)CCCCOc5cccc(c5)[C@H]4C3)nc2c1.O=CO. The number of pyridine rings is 1. The molecular weight excluding hydrogens is 593 g/mol. The molecule has 240 valence electrons. The van der Waals surface area contributed by atoms with Crippen molar-refractivity contribution in [2.45, 2.75) is 38.6 Å². The average molecular weight is 630 g/mol. The Labute approximate surface area is 265 Å². The second-order valence-corrected chi connectivity index (χ2v) is 11.5. The second kappa shape index (κ2) is 14.2. The summed E-state index contributed by atoms with van der Waals surface area (Å²) in [4.78, 5) is 56.6. The number of fused-ring (bicyclic) bond motifs is 5. The van der Waals surface area contributed by atoms with Gasteiger partial charge in [-0.3, -0.25) is 19.2 Å². The number of aromatic nitrogens is 2. The highest BCUT2D eigenvalue weighted by molar-refractivity contribution is 5.98. The van der Waals surface area contributed by atoms with Crippen LogP contribution in [0.15, 0.2) is 67.0 Å². The molecule has 4 aromatic rings. The summed E-state index contributed by atoms with van der Waals surface area (Å²) in [5.74, 6) is -1.23. The minimum Gasteiger partial charge on any atom is -0.494 e. The van der Waals surface area contributed by atoms with E-state index in [0.717, 1.165) is 11.1 Å². The van der Waals surface area contributed by atoms with E-state index in [1.165, 1.54) is 11.0 Å². The lowest BCUT2D eigenvalue weighted by Crippen LogP contribution is -2.47. The Balaban J connectivity index is 0.00000134. The molecule has 4 heterocycles. The van der Waals surface area contributed by atoms with Crippen LogP contribution < -0.4 is 10.1 Å². The first-order valence-corrected chi connectivity index (χ1v) is 15.1. The Kier molecular flexibility index (Phi) is 9.94. The van der Waals surface area contributed by atoms with Gasteiger partial charge in [0, 0.05) is 37.9 Å². The fourth-order valence-electron chi connectivity index (χ4n) is 5.97. The molecule has 0 saturated carbocycles. The lowest BCUT2D eigenvalue weighted by atomic mass is 9.94. The van der Waals surface area contributed by atoms with Gasteiger partial charge >= 0.3 is 0 Å². The van der Waals surface area contributed by atoms with Gasteiger partial charge in [-0.1, -0.05) is 24.3 Å². The number of rotatable bonds is 2. The summed E-state index contributed by atoms with van der Waals surface area (Å²) in [5, 5.41) is 9.98. The minimum atomic E-state index is -0.612. The summed E-state index contributed by atoms with van der Waals surface area (Å²) < 4.78 is 22.6. The number of carbonyl (C=O) groups is 4. The zero-order valence-electron chi connectivity index (χ0n) is 25.7. The van der Waals surface area contributed by atoms with Gasteiger partial charge in [0.1, 0.15) is 22.9 Å². The largest absolute Gasteiger partial charge is 0.494 e. The van der Waals surface area contributed by atoms with Crippen LogP contribution in [0.25, 0.3) is 5.65 Å². The van der Waals surface area contributed by atoms with Crippen molar-refractivity contribution in [1.82, 2.24) is 24.5 Å². The Morgan fingerprint density at radius 2 is 1.83 bits per heavy atom. The van der Waals surface area contributed by atoms with Gasteiger partial charge in [0.05, 0.1) is 24.8 Å². The molecule has 6 rings (SSSR count). The van der Waals surface area contributed by atoms with E-state index in [-0.39, 0.29) is 49.4 Å². The molecule has 1 saturated heterocycles. The number of hydrogen-bond donors (Lipinski definition) is 2. The van der Waals surface area contributed by atoms with Gasteiger partial charge in [-0.25, -0.2) is 9.37 Å². The standard InChI is InChI=1S/C33H34FN5O4.CH2O2/c1-21-11-13-37-19-28(35-29(37)15-21)32(41)39-17-25-23-8-6-9-24(16-23)43-14-4-3-12-38(20-30(40)36-27(25)18-39)33(42)31-22(2)7-5-10-26(31)34;2-1-3/h5-11,13,15-16,19,25,27H,3-4,12,14,17-18,20H2,1-2H3,(H,36,40);1H,(H,2,3)/t25-,27+;/m1./s1. The zero-order chi connectivity index (χ0) is 32.8. The topological polar surface area (TPSA) is 134 Å². The molecule has 3 amide bonds. The molecule has 2 N–H and O–H groups in total. The van der Waals surface area contributed by atoms with Gasteiger partial charge in [-0.15, -0.1) is 0 Å². The molecule has 1 fully saturated rings. The van der Waals surface area contributed by atoms with E-state index >= 15 is 0 Å². The molecular formula is C34H36FN5O6. The molecule has 2 aromatic carbocycles. The smallest absolute Gasteiger partial charge is 0.290 e. The van der Waals surface area contributed by atoms with Crippen molar-refractivity contribution < 1.29 is 33.4 Å². The Hall–Kier alpha value is -5.26.